The van der Waals surface area contributed by atoms with Gasteiger partial charge >= 0.3 is 0 Å². The fourth-order valence-corrected chi connectivity index (χ4v) is 2.02. The molecule has 0 spiro atoms. The molecule has 0 heterocycles. The summed E-state index contributed by atoms with van der Waals surface area (Å²) in [5.41, 5.74) is 0. The molecule has 0 unspecified atom stereocenters. The van der Waals surface area contributed by atoms with Crippen molar-refractivity contribution in [2.24, 2.45) is 0 Å². The van der Waals surface area contributed by atoms with Gasteiger partial charge in [0.15, 0.2) is 0 Å². The summed E-state index contributed by atoms with van der Waals surface area (Å²) >= 11 is 0. The third-order valence-corrected chi connectivity index (χ3v) is 3.46. The van der Waals surface area contributed by atoms with Gasteiger partial charge < -0.3 is 4.57 Å². The molecule has 0 saturated carbocycles. The van der Waals surface area contributed by atoms with Gasteiger partial charge in [-0.25, -0.2) is 0 Å². The van der Waals surface area contributed by atoms with Crippen LogP contribution in [-0.2, 0) is 0 Å². The molecule has 10 heavy (non-hydrogen) atoms. The van der Waals surface area contributed by atoms with Crippen molar-refractivity contribution in [2.45, 2.75) is 32.9 Å². The molecular weight excluding hydrogens is 138 g/mol. The van der Waals surface area contributed by atoms with Crippen molar-refractivity contribution in [3.63, 3.8) is 0 Å². The van der Waals surface area contributed by atoms with E-state index in [4.69, 9.17) is 0 Å². The third-order valence-electron chi connectivity index (χ3n) is 1.67. The third kappa shape index (κ3) is 3.72. The molecule has 0 fully saturated rings. The molecule has 0 saturated heterocycles. The zero-order valence-electron chi connectivity index (χ0n) is 7.43. The van der Waals surface area contributed by atoms with Crippen molar-refractivity contribution in [2.75, 3.05) is 6.54 Å². The van der Waals surface area contributed by atoms with Crippen molar-refractivity contribution in [1.29, 1.82) is 0 Å². The van der Waals surface area contributed by atoms with E-state index in [1.807, 2.05) is 6.20 Å². The lowest BCUT2D eigenvalue weighted by Crippen LogP contribution is -2.29. The van der Waals surface area contributed by atoms with Crippen LogP contribution >= 0.6 is 0 Å². The normalized spacial score (nSPS) is 10.0. The standard InChI is InChI=1S/C8H19NSi/c1-5-7-8-9(6-2)10(3)4/h6,10H,2,5,7-8H2,1,3-4H3. The highest BCUT2D eigenvalue weighted by Gasteiger charge is 2.02. The average Bonchev–Trinajstić information content (AvgIpc) is 1.89. The molecule has 0 radical (unpaired) electrons. The van der Waals surface area contributed by atoms with Gasteiger partial charge in [0.1, 0.15) is 8.96 Å². The Morgan fingerprint density at radius 3 is 2.40 bits per heavy atom. The lowest BCUT2D eigenvalue weighted by molar-refractivity contribution is 0.545. The molecule has 0 aromatic rings. The second kappa shape index (κ2) is 5.53. The molecule has 0 rings (SSSR count). The predicted molar refractivity (Wildman–Crippen MR) is 50.7 cm³/mol. The van der Waals surface area contributed by atoms with Crippen LogP contribution in [0.15, 0.2) is 12.8 Å². The fraction of sp³-hybridized carbons (Fsp3) is 0.750. The topological polar surface area (TPSA) is 3.24 Å². The summed E-state index contributed by atoms with van der Waals surface area (Å²) in [5.74, 6) is 0. The Labute approximate surface area is 66.4 Å². The van der Waals surface area contributed by atoms with E-state index in [0.29, 0.717) is 0 Å². The van der Waals surface area contributed by atoms with Crippen LogP contribution in [0.25, 0.3) is 0 Å². The minimum Gasteiger partial charge on any atom is -0.407 e. The molecule has 0 aliphatic carbocycles. The molecule has 0 amide bonds. The lowest BCUT2D eigenvalue weighted by atomic mass is 10.3. The highest BCUT2D eigenvalue weighted by atomic mass is 28.3. The van der Waals surface area contributed by atoms with E-state index in [1.54, 1.807) is 0 Å². The van der Waals surface area contributed by atoms with Crippen LogP contribution in [-0.4, -0.2) is 20.1 Å². The summed E-state index contributed by atoms with van der Waals surface area (Å²) < 4.78 is 2.41. The van der Waals surface area contributed by atoms with Gasteiger partial charge in [-0.1, -0.05) is 33.0 Å². The quantitative estimate of drug-likeness (QED) is 0.553. The first-order valence-electron chi connectivity index (χ1n) is 4.10. The summed E-state index contributed by atoms with van der Waals surface area (Å²) in [6.07, 6.45) is 4.58. The van der Waals surface area contributed by atoms with E-state index < -0.39 is 8.96 Å². The number of rotatable bonds is 5. The van der Waals surface area contributed by atoms with Crippen LogP contribution < -0.4 is 0 Å². The first-order valence-corrected chi connectivity index (χ1v) is 6.93. The first-order chi connectivity index (χ1) is 4.72. The predicted octanol–water partition coefficient (Wildman–Crippen LogP) is 2.22. The molecule has 0 aliphatic heterocycles. The Kier molecular flexibility index (Phi) is 5.40. The average molecular weight is 157 g/mol. The number of nitrogens with zero attached hydrogens (tertiary/aromatic N) is 1. The summed E-state index contributed by atoms with van der Waals surface area (Å²) in [5, 5.41) is 0. The smallest absolute Gasteiger partial charge is 0.133 e. The van der Waals surface area contributed by atoms with Crippen LogP contribution in [0.1, 0.15) is 19.8 Å². The van der Waals surface area contributed by atoms with Crippen molar-refractivity contribution in [3.05, 3.63) is 12.8 Å². The van der Waals surface area contributed by atoms with E-state index in [-0.39, 0.29) is 0 Å². The number of unbranched alkanes of at least 4 members (excludes halogenated alkanes) is 1. The molecule has 0 bridgehead atoms. The molecule has 0 atom stereocenters. The molecule has 2 heteroatoms. The SMILES string of the molecule is C=CN(CCCC)[SiH](C)C. The van der Waals surface area contributed by atoms with E-state index in [9.17, 15) is 0 Å². The molecule has 60 valence electrons. The van der Waals surface area contributed by atoms with Gasteiger partial charge in [0.25, 0.3) is 0 Å². The molecule has 0 N–H and O–H groups in total. The maximum atomic E-state index is 3.80. The molecule has 0 aromatic heterocycles. The maximum Gasteiger partial charge on any atom is 0.133 e. The van der Waals surface area contributed by atoms with E-state index >= 15 is 0 Å². The van der Waals surface area contributed by atoms with E-state index in [2.05, 4.69) is 31.2 Å². The zero-order chi connectivity index (χ0) is 7.98. The van der Waals surface area contributed by atoms with Crippen molar-refractivity contribution in [1.82, 2.24) is 4.57 Å². The van der Waals surface area contributed by atoms with Crippen LogP contribution in [0, 0.1) is 0 Å². The van der Waals surface area contributed by atoms with Gasteiger partial charge in [-0.05, 0) is 12.6 Å². The van der Waals surface area contributed by atoms with Crippen LogP contribution in [0.3, 0.4) is 0 Å². The van der Waals surface area contributed by atoms with Gasteiger partial charge in [0, 0.05) is 6.54 Å². The fourth-order valence-electron chi connectivity index (χ4n) is 0.901. The first kappa shape index (κ1) is 9.76. The van der Waals surface area contributed by atoms with Gasteiger partial charge in [0.05, 0.1) is 0 Å². The Morgan fingerprint density at radius 2 is 2.10 bits per heavy atom. The van der Waals surface area contributed by atoms with Gasteiger partial charge in [-0.3, -0.25) is 0 Å². The second-order valence-corrected chi connectivity index (χ2v) is 5.72. The molecule has 0 aliphatic rings. The van der Waals surface area contributed by atoms with Gasteiger partial charge in [-0.15, -0.1) is 0 Å². The minimum atomic E-state index is -0.602. The highest BCUT2D eigenvalue weighted by Crippen LogP contribution is 1.98. The van der Waals surface area contributed by atoms with Gasteiger partial charge in [0.2, 0.25) is 0 Å². The van der Waals surface area contributed by atoms with Crippen LogP contribution in [0.2, 0.25) is 13.1 Å². The summed E-state index contributed by atoms with van der Waals surface area (Å²) in [6, 6.07) is 0. The number of hydrogen-bond donors (Lipinski definition) is 0. The highest BCUT2D eigenvalue weighted by molar-refractivity contribution is 6.52. The van der Waals surface area contributed by atoms with Crippen molar-refractivity contribution < 1.29 is 0 Å². The zero-order valence-corrected chi connectivity index (χ0v) is 8.59. The summed E-state index contributed by atoms with van der Waals surface area (Å²) in [4.78, 5) is 0. The van der Waals surface area contributed by atoms with Crippen LogP contribution in [0.5, 0.6) is 0 Å². The van der Waals surface area contributed by atoms with Gasteiger partial charge in [-0.2, -0.15) is 0 Å². The second-order valence-electron chi connectivity index (χ2n) is 2.87. The maximum absolute atomic E-state index is 3.80. The minimum absolute atomic E-state index is 0.602. The molecular formula is C8H19NSi. The Morgan fingerprint density at radius 1 is 1.50 bits per heavy atom. The lowest BCUT2D eigenvalue weighted by Gasteiger charge is -2.23. The van der Waals surface area contributed by atoms with Crippen LogP contribution in [0.4, 0.5) is 0 Å². The Bertz CT molecular complexity index is 91.3. The Hall–Kier alpha value is -0.243. The molecule has 0 aromatic carbocycles. The summed E-state index contributed by atoms with van der Waals surface area (Å²) in [7, 11) is -0.602. The van der Waals surface area contributed by atoms with Crippen molar-refractivity contribution in [3.8, 4) is 0 Å². The van der Waals surface area contributed by atoms with E-state index in [0.717, 1.165) is 0 Å². The van der Waals surface area contributed by atoms with Crippen molar-refractivity contribution >= 4 is 8.96 Å². The number of hydrogen-bond acceptors (Lipinski definition) is 1. The van der Waals surface area contributed by atoms with E-state index in [1.165, 1.54) is 19.4 Å². The molecule has 1 nitrogen and oxygen atoms in total. The summed E-state index contributed by atoms with van der Waals surface area (Å²) in [6.45, 7) is 11.9. The Balaban J connectivity index is 3.50. The largest absolute Gasteiger partial charge is 0.407 e. The monoisotopic (exact) mass is 157 g/mol.